The van der Waals surface area contributed by atoms with Crippen LogP contribution in [0.4, 0.5) is 5.82 Å². The minimum absolute atomic E-state index is 0. The number of H-pyrrole nitrogens is 1. The first-order valence-corrected chi connectivity index (χ1v) is 7.54. The van der Waals surface area contributed by atoms with E-state index in [1.807, 2.05) is 0 Å². The van der Waals surface area contributed by atoms with Gasteiger partial charge in [-0.05, 0) is 6.07 Å². The molecule has 122 valence electrons. The molecule has 14 heteroatoms. The molecule has 1 saturated heterocycles. The van der Waals surface area contributed by atoms with E-state index in [0.29, 0.717) is 0 Å². The molecule has 0 saturated carbocycles. The first-order valence-electron chi connectivity index (χ1n) is 5.74. The molecule has 3 atom stereocenters. The second kappa shape index (κ2) is 9.39. The predicted octanol–water partition coefficient (Wildman–Crippen LogP) is -3.56. The molecule has 23 heavy (non-hydrogen) atoms. The zero-order valence-corrected chi connectivity index (χ0v) is 11.4. The SMILES string of the molecule is O=c1nc(NC2(OCP(=O)(O)O)OC[C@@H](O)[C@H]2O)cc[nH]1.[NaH].[NaH]. The number of hydrogen-bond acceptors (Lipinski definition) is 8. The van der Waals surface area contributed by atoms with Crippen LogP contribution in [0.2, 0.25) is 0 Å². The Balaban J connectivity index is 0.00000242. The van der Waals surface area contributed by atoms with Crippen LogP contribution in [-0.2, 0) is 14.0 Å². The van der Waals surface area contributed by atoms with Crippen molar-refractivity contribution in [1.82, 2.24) is 9.97 Å². The first kappa shape index (κ1) is 23.7. The van der Waals surface area contributed by atoms with Crippen LogP contribution < -0.4 is 11.0 Å². The van der Waals surface area contributed by atoms with Crippen molar-refractivity contribution in [3.8, 4) is 0 Å². The Kier molecular flexibility index (Phi) is 9.66. The summed E-state index contributed by atoms with van der Waals surface area (Å²) >= 11 is 0. The molecule has 0 aliphatic carbocycles. The van der Waals surface area contributed by atoms with E-state index in [1.54, 1.807) is 0 Å². The molecule has 0 aromatic carbocycles. The molecule has 1 unspecified atom stereocenters. The minimum atomic E-state index is -4.54. The number of nitrogens with zero attached hydrogens (tertiary/aromatic N) is 1. The van der Waals surface area contributed by atoms with E-state index >= 15 is 0 Å². The van der Waals surface area contributed by atoms with Gasteiger partial charge < -0.3 is 39.8 Å². The summed E-state index contributed by atoms with van der Waals surface area (Å²) in [5.74, 6) is -2.20. The topological polar surface area (TPSA) is 174 Å². The van der Waals surface area contributed by atoms with Crippen LogP contribution >= 0.6 is 7.60 Å². The van der Waals surface area contributed by atoms with Crippen molar-refractivity contribution >= 4 is 72.5 Å². The molecule has 1 fully saturated rings. The maximum atomic E-state index is 11.1. The third-order valence-electron chi connectivity index (χ3n) is 2.64. The van der Waals surface area contributed by atoms with Crippen molar-refractivity contribution in [2.75, 3.05) is 18.3 Å². The zero-order valence-electron chi connectivity index (χ0n) is 10.5. The van der Waals surface area contributed by atoms with Gasteiger partial charge in [0.2, 0.25) is 0 Å². The molecule has 1 aliphatic rings. The van der Waals surface area contributed by atoms with E-state index in [9.17, 15) is 19.6 Å². The second-order valence-corrected chi connectivity index (χ2v) is 5.92. The molecular formula is C9H16N3Na2O8P. The van der Waals surface area contributed by atoms with Gasteiger partial charge in [0, 0.05) is 6.20 Å². The quantitative estimate of drug-likeness (QED) is 0.173. The summed E-state index contributed by atoms with van der Waals surface area (Å²) in [6.07, 6.45) is -2.79. The summed E-state index contributed by atoms with van der Waals surface area (Å²) in [7, 11) is -4.54. The van der Waals surface area contributed by atoms with Gasteiger partial charge in [0.1, 0.15) is 11.9 Å². The van der Waals surface area contributed by atoms with E-state index < -0.39 is 37.8 Å². The van der Waals surface area contributed by atoms with Crippen LogP contribution in [0.25, 0.3) is 0 Å². The molecule has 0 bridgehead atoms. The Morgan fingerprint density at radius 3 is 2.61 bits per heavy atom. The summed E-state index contributed by atoms with van der Waals surface area (Å²) in [6, 6.07) is 1.31. The number of aliphatic hydroxyl groups excluding tert-OH is 2. The summed E-state index contributed by atoms with van der Waals surface area (Å²) in [4.78, 5) is 34.6. The van der Waals surface area contributed by atoms with Gasteiger partial charge >= 0.3 is 72.4 Å². The summed E-state index contributed by atoms with van der Waals surface area (Å²) < 4.78 is 20.9. The van der Waals surface area contributed by atoms with Crippen molar-refractivity contribution in [2.45, 2.75) is 18.1 Å². The molecule has 2 rings (SSSR count). The fourth-order valence-corrected chi connectivity index (χ4v) is 2.07. The van der Waals surface area contributed by atoms with E-state index in [-0.39, 0.29) is 71.5 Å². The van der Waals surface area contributed by atoms with Crippen molar-refractivity contribution in [3.05, 3.63) is 22.7 Å². The van der Waals surface area contributed by atoms with Gasteiger partial charge in [-0.1, -0.05) is 0 Å². The Morgan fingerprint density at radius 2 is 2.13 bits per heavy atom. The van der Waals surface area contributed by atoms with Gasteiger partial charge in [-0.25, -0.2) is 4.79 Å². The molecule has 1 aromatic heterocycles. The zero-order chi connectivity index (χ0) is 15.7. The van der Waals surface area contributed by atoms with Gasteiger partial charge in [-0.3, -0.25) is 4.57 Å². The van der Waals surface area contributed by atoms with Crippen LogP contribution in [0.3, 0.4) is 0 Å². The average molecular weight is 371 g/mol. The molecule has 0 spiro atoms. The molecule has 11 nitrogen and oxygen atoms in total. The van der Waals surface area contributed by atoms with Crippen LogP contribution in [0, 0.1) is 0 Å². The fraction of sp³-hybridized carbons (Fsp3) is 0.556. The van der Waals surface area contributed by atoms with Gasteiger partial charge in [-0.2, -0.15) is 4.98 Å². The summed E-state index contributed by atoms with van der Waals surface area (Å²) in [5.41, 5.74) is -0.696. The number of nitrogens with one attached hydrogen (secondary N) is 2. The van der Waals surface area contributed by atoms with Crippen molar-refractivity contribution in [2.24, 2.45) is 0 Å². The van der Waals surface area contributed by atoms with Crippen LogP contribution in [-0.4, -0.2) is 120 Å². The van der Waals surface area contributed by atoms with E-state index in [0.717, 1.165) is 0 Å². The first-order chi connectivity index (χ1) is 9.72. The van der Waals surface area contributed by atoms with Crippen molar-refractivity contribution in [1.29, 1.82) is 0 Å². The van der Waals surface area contributed by atoms with Gasteiger partial charge in [0.05, 0.1) is 6.61 Å². The van der Waals surface area contributed by atoms with Crippen molar-refractivity contribution in [3.63, 3.8) is 0 Å². The third-order valence-corrected chi connectivity index (χ3v) is 3.11. The van der Waals surface area contributed by atoms with Gasteiger partial charge in [0.15, 0.2) is 12.5 Å². The Labute approximate surface area is 174 Å². The third kappa shape index (κ3) is 6.48. The Hall–Kier alpha value is 0.670. The van der Waals surface area contributed by atoms with E-state index in [1.165, 1.54) is 12.3 Å². The molecular weight excluding hydrogens is 355 g/mol. The molecule has 1 aromatic rings. The van der Waals surface area contributed by atoms with Gasteiger partial charge in [-0.15, -0.1) is 0 Å². The average Bonchev–Trinajstić information content (AvgIpc) is 2.65. The van der Waals surface area contributed by atoms with Crippen molar-refractivity contribution < 1.29 is 34.0 Å². The number of ether oxygens (including phenoxy) is 2. The van der Waals surface area contributed by atoms with Crippen LogP contribution in [0.5, 0.6) is 0 Å². The van der Waals surface area contributed by atoms with E-state index in [2.05, 4.69) is 15.3 Å². The Bertz CT molecular complexity index is 612. The number of anilines is 1. The number of aromatic nitrogens is 2. The molecule has 2 heterocycles. The maximum absolute atomic E-state index is 11.1. The number of aliphatic hydroxyl groups is 2. The summed E-state index contributed by atoms with van der Waals surface area (Å²) in [6.45, 7) is -0.335. The van der Waals surface area contributed by atoms with E-state index in [4.69, 9.17) is 19.3 Å². The van der Waals surface area contributed by atoms with Crippen LogP contribution in [0.1, 0.15) is 0 Å². The van der Waals surface area contributed by atoms with Crippen LogP contribution in [0.15, 0.2) is 17.1 Å². The normalized spacial score (nSPS) is 27.0. The summed E-state index contributed by atoms with van der Waals surface area (Å²) in [5, 5.41) is 21.8. The Morgan fingerprint density at radius 1 is 1.48 bits per heavy atom. The van der Waals surface area contributed by atoms with Gasteiger partial charge in [0.25, 0.3) is 5.91 Å². The molecule has 1 aliphatic heterocycles. The fourth-order valence-electron chi connectivity index (χ4n) is 1.71. The number of aromatic amines is 1. The standard InChI is InChI=1S/C9H14N3O8P.2Na.2H/c13-5-3-19-9(7(5)14,20-4-21(16,17)18)12-6-1-2-10-8(15)11-6;;;;/h1-2,5,7,13-14H,3-4H2,(H2,16,17,18)(H2,10,11,12,15);;;;/t5-,7-,9?;;;;/m1..../s1. The molecule has 0 radical (unpaired) electrons. The molecule has 0 amide bonds. The molecule has 6 N–H and O–H groups in total. The number of rotatable bonds is 5. The monoisotopic (exact) mass is 371 g/mol. The predicted molar refractivity (Wildman–Crippen MR) is 81.5 cm³/mol. The second-order valence-electron chi connectivity index (χ2n) is 4.33. The number of hydrogen-bond donors (Lipinski definition) is 6.